The van der Waals surface area contributed by atoms with Gasteiger partial charge in [0.1, 0.15) is 6.04 Å². The summed E-state index contributed by atoms with van der Waals surface area (Å²) in [5.41, 5.74) is 1.54. The van der Waals surface area contributed by atoms with E-state index in [1.54, 1.807) is 45.9 Å². The summed E-state index contributed by atoms with van der Waals surface area (Å²) in [4.78, 5) is 26.9. The highest BCUT2D eigenvalue weighted by Gasteiger charge is 2.33. The van der Waals surface area contributed by atoms with Crippen LogP contribution >= 0.6 is 0 Å². The van der Waals surface area contributed by atoms with Gasteiger partial charge in [-0.3, -0.25) is 9.59 Å². The number of nitriles is 2. The predicted octanol–water partition coefficient (Wildman–Crippen LogP) is 4.97. The number of benzene rings is 3. The molecule has 0 aliphatic heterocycles. The molecular formula is C31H32N4O2. The van der Waals surface area contributed by atoms with Crippen molar-refractivity contribution >= 4 is 11.8 Å². The Balaban J connectivity index is 2.13. The van der Waals surface area contributed by atoms with Crippen LogP contribution in [0.3, 0.4) is 0 Å². The molecule has 0 unspecified atom stereocenters. The maximum Gasteiger partial charge on any atom is 0.251 e. The molecule has 0 aromatic heterocycles. The Morgan fingerprint density at radius 1 is 0.757 bits per heavy atom. The van der Waals surface area contributed by atoms with Crippen LogP contribution in [-0.4, -0.2) is 24.9 Å². The first-order valence-corrected chi connectivity index (χ1v) is 12.1. The third-order valence-electron chi connectivity index (χ3n) is 6.66. The van der Waals surface area contributed by atoms with Crippen molar-refractivity contribution in [1.82, 2.24) is 10.6 Å². The molecule has 6 heteroatoms. The van der Waals surface area contributed by atoms with Crippen LogP contribution < -0.4 is 10.6 Å². The van der Waals surface area contributed by atoms with Gasteiger partial charge in [-0.05, 0) is 62.1 Å². The molecule has 0 radical (unpaired) electrons. The minimum atomic E-state index is -0.914. The van der Waals surface area contributed by atoms with Crippen molar-refractivity contribution in [2.45, 2.75) is 50.5 Å². The van der Waals surface area contributed by atoms with E-state index >= 15 is 0 Å². The lowest BCUT2D eigenvalue weighted by atomic mass is 9.79. The van der Waals surface area contributed by atoms with Crippen LogP contribution in [0.5, 0.6) is 0 Å². The quantitative estimate of drug-likeness (QED) is 0.463. The lowest BCUT2D eigenvalue weighted by Crippen LogP contribution is -2.49. The number of carbonyl (C=O) groups is 2. The summed E-state index contributed by atoms with van der Waals surface area (Å²) < 4.78 is 0. The summed E-state index contributed by atoms with van der Waals surface area (Å²) in [5.74, 6) is -1.24. The second-order valence-electron chi connectivity index (χ2n) is 10.1. The van der Waals surface area contributed by atoms with Gasteiger partial charge in [-0.15, -0.1) is 0 Å². The average Bonchev–Trinajstić information content (AvgIpc) is 2.93. The van der Waals surface area contributed by atoms with Gasteiger partial charge in [0.05, 0.1) is 23.0 Å². The summed E-state index contributed by atoms with van der Waals surface area (Å²) in [7, 11) is 1.54. The second kappa shape index (κ2) is 11.1. The number of nitrogens with one attached hydrogen (secondary N) is 2. The Morgan fingerprint density at radius 3 is 1.57 bits per heavy atom. The molecule has 6 nitrogen and oxygen atoms in total. The van der Waals surface area contributed by atoms with Gasteiger partial charge in [-0.2, -0.15) is 10.5 Å². The zero-order valence-corrected chi connectivity index (χ0v) is 21.9. The van der Waals surface area contributed by atoms with Crippen molar-refractivity contribution in [2.24, 2.45) is 0 Å². The average molecular weight is 493 g/mol. The molecule has 0 bridgehead atoms. The van der Waals surface area contributed by atoms with E-state index in [1.165, 1.54) is 7.05 Å². The van der Waals surface area contributed by atoms with Crippen LogP contribution in [0.2, 0.25) is 0 Å². The van der Waals surface area contributed by atoms with Crippen LogP contribution in [0.15, 0.2) is 78.9 Å². The fourth-order valence-corrected chi connectivity index (χ4v) is 4.19. The Kier molecular flexibility index (Phi) is 8.15. The van der Waals surface area contributed by atoms with Crippen LogP contribution in [-0.2, 0) is 15.6 Å². The molecule has 3 rings (SSSR count). The van der Waals surface area contributed by atoms with Gasteiger partial charge in [0.15, 0.2) is 0 Å². The first kappa shape index (κ1) is 27.2. The third-order valence-corrected chi connectivity index (χ3v) is 6.66. The number of hydrogen-bond donors (Lipinski definition) is 2. The van der Waals surface area contributed by atoms with Gasteiger partial charge in [-0.1, -0.05) is 66.7 Å². The number of nitrogens with zero attached hydrogens (tertiary/aromatic N) is 2. The highest BCUT2D eigenvalue weighted by atomic mass is 16.2. The molecule has 0 aliphatic rings. The molecule has 3 aromatic rings. The largest absolute Gasteiger partial charge is 0.357 e. The van der Waals surface area contributed by atoms with Crippen molar-refractivity contribution < 1.29 is 9.59 Å². The molecule has 2 N–H and O–H groups in total. The van der Waals surface area contributed by atoms with Crippen molar-refractivity contribution in [2.75, 3.05) is 7.05 Å². The fraction of sp³-hybridized carbons (Fsp3) is 0.290. The predicted molar refractivity (Wildman–Crippen MR) is 144 cm³/mol. The third kappa shape index (κ3) is 6.05. The van der Waals surface area contributed by atoms with Gasteiger partial charge >= 0.3 is 0 Å². The summed E-state index contributed by atoms with van der Waals surface area (Å²) in [6.07, 6.45) is 0. The molecule has 0 saturated heterocycles. The zero-order valence-electron chi connectivity index (χ0n) is 21.9. The van der Waals surface area contributed by atoms with E-state index in [1.807, 2.05) is 60.7 Å². The maximum absolute atomic E-state index is 13.7. The minimum absolute atomic E-state index is 0.285. The summed E-state index contributed by atoms with van der Waals surface area (Å²) in [6.45, 7) is 7.06. The monoisotopic (exact) mass is 492 g/mol. The summed E-state index contributed by atoms with van der Waals surface area (Å²) in [5, 5.41) is 25.1. The van der Waals surface area contributed by atoms with E-state index < -0.39 is 28.7 Å². The first-order chi connectivity index (χ1) is 17.5. The number of hydrogen-bond acceptors (Lipinski definition) is 4. The highest BCUT2D eigenvalue weighted by Crippen LogP contribution is 2.32. The van der Waals surface area contributed by atoms with E-state index in [2.05, 4.69) is 22.8 Å². The van der Waals surface area contributed by atoms with E-state index in [-0.39, 0.29) is 11.5 Å². The van der Waals surface area contributed by atoms with Crippen LogP contribution in [0, 0.1) is 22.7 Å². The van der Waals surface area contributed by atoms with Crippen LogP contribution in [0.4, 0.5) is 0 Å². The van der Waals surface area contributed by atoms with Gasteiger partial charge in [0.25, 0.3) is 5.91 Å². The number of rotatable bonds is 8. The van der Waals surface area contributed by atoms with E-state index in [0.717, 1.165) is 11.1 Å². The Bertz CT molecular complexity index is 1270. The van der Waals surface area contributed by atoms with Crippen molar-refractivity contribution in [3.05, 3.63) is 107 Å². The van der Waals surface area contributed by atoms with Gasteiger partial charge in [-0.25, -0.2) is 0 Å². The molecule has 0 aliphatic carbocycles. The molecular weight excluding hydrogens is 460 g/mol. The van der Waals surface area contributed by atoms with Gasteiger partial charge < -0.3 is 10.6 Å². The Labute approximate surface area is 218 Å². The smallest absolute Gasteiger partial charge is 0.251 e. The molecule has 1 atom stereocenters. The zero-order chi connectivity index (χ0) is 27.2. The summed E-state index contributed by atoms with van der Waals surface area (Å²) >= 11 is 0. The molecule has 0 fully saturated rings. The lowest BCUT2D eigenvalue weighted by molar-refractivity contribution is -0.122. The standard InChI is InChI=1S/C31H32N4O2/c1-30(2,19-32)24-16-23(17-25(18-24)31(3,4)20-33)28(36)35-27(29(37)34-5)26(21-12-8-6-9-13-21)22-14-10-7-11-15-22/h6-18,26-27H,1-5H3,(H,34,37)(H,35,36)/t27-/m0/s1. The molecule has 0 heterocycles. The maximum atomic E-state index is 13.7. The molecule has 2 amide bonds. The minimum Gasteiger partial charge on any atom is -0.357 e. The van der Waals surface area contributed by atoms with Gasteiger partial charge in [0, 0.05) is 18.5 Å². The molecule has 0 saturated carbocycles. The van der Waals surface area contributed by atoms with Crippen molar-refractivity contribution in [3.8, 4) is 12.1 Å². The molecule has 3 aromatic carbocycles. The number of amides is 2. The molecule has 37 heavy (non-hydrogen) atoms. The van der Waals surface area contributed by atoms with Crippen molar-refractivity contribution in [1.29, 1.82) is 10.5 Å². The second-order valence-corrected chi connectivity index (χ2v) is 10.1. The van der Waals surface area contributed by atoms with E-state index in [9.17, 15) is 20.1 Å². The summed E-state index contributed by atoms with van der Waals surface area (Å²) in [6, 6.07) is 27.9. The topological polar surface area (TPSA) is 106 Å². The van der Waals surface area contributed by atoms with E-state index in [0.29, 0.717) is 11.1 Å². The van der Waals surface area contributed by atoms with E-state index in [4.69, 9.17) is 0 Å². The normalized spacial score (nSPS) is 12.2. The lowest BCUT2D eigenvalue weighted by Gasteiger charge is -2.28. The van der Waals surface area contributed by atoms with Crippen molar-refractivity contribution in [3.63, 3.8) is 0 Å². The van der Waals surface area contributed by atoms with Crippen LogP contribution in [0.1, 0.15) is 66.2 Å². The molecule has 0 spiro atoms. The Morgan fingerprint density at radius 2 is 1.19 bits per heavy atom. The SMILES string of the molecule is CNC(=O)[C@@H](NC(=O)c1cc(C(C)(C)C#N)cc(C(C)(C)C#N)c1)C(c1ccccc1)c1ccccc1. The Hall–Kier alpha value is -4.42. The molecule has 188 valence electrons. The van der Waals surface area contributed by atoms with Gasteiger partial charge in [0.2, 0.25) is 5.91 Å². The van der Waals surface area contributed by atoms with Crippen LogP contribution in [0.25, 0.3) is 0 Å². The number of likely N-dealkylation sites (N-methyl/N-ethyl adjacent to an activating group) is 1. The fourth-order valence-electron chi connectivity index (χ4n) is 4.19. The number of carbonyl (C=O) groups excluding carboxylic acids is 2. The first-order valence-electron chi connectivity index (χ1n) is 12.1. The highest BCUT2D eigenvalue weighted by molar-refractivity contribution is 5.98.